The molecule has 0 unspecified atom stereocenters. The van der Waals surface area contributed by atoms with Crippen LogP contribution in [0.25, 0.3) is 0 Å². The zero-order valence-electron chi connectivity index (χ0n) is 9.60. The van der Waals surface area contributed by atoms with E-state index in [1.165, 1.54) is 5.56 Å². The first kappa shape index (κ1) is 10.1. The zero-order chi connectivity index (χ0) is 11.8. The molecule has 1 N–H and O–H groups in total. The number of benzene rings is 1. The molecule has 0 bridgehead atoms. The predicted molar refractivity (Wildman–Crippen MR) is 65.1 cm³/mol. The van der Waals surface area contributed by atoms with Crippen LogP contribution in [-0.4, -0.2) is 22.6 Å². The number of H-pyrrole nitrogens is 1. The van der Waals surface area contributed by atoms with Gasteiger partial charge in [0.1, 0.15) is 0 Å². The molecule has 4 heteroatoms. The number of aromatic nitrogens is 2. The minimum absolute atomic E-state index is 0.0289. The van der Waals surface area contributed by atoms with E-state index in [2.05, 4.69) is 16.3 Å². The summed E-state index contributed by atoms with van der Waals surface area (Å²) in [5.74, 6) is 0.0289. The van der Waals surface area contributed by atoms with Gasteiger partial charge >= 0.3 is 0 Å². The molecular weight excluding hydrogens is 214 g/mol. The fourth-order valence-corrected chi connectivity index (χ4v) is 2.26. The Balaban J connectivity index is 1.98. The molecule has 0 fully saturated rings. The third-order valence-electron chi connectivity index (χ3n) is 3.19. The summed E-state index contributed by atoms with van der Waals surface area (Å²) >= 11 is 0. The van der Waals surface area contributed by atoms with Crippen molar-refractivity contribution in [3.05, 3.63) is 47.3 Å². The molecule has 2 heterocycles. The molecule has 2 aromatic rings. The first-order valence-electron chi connectivity index (χ1n) is 5.67. The maximum absolute atomic E-state index is 12.4. The van der Waals surface area contributed by atoms with Crippen molar-refractivity contribution >= 4 is 11.6 Å². The summed E-state index contributed by atoms with van der Waals surface area (Å²) in [5.41, 5.74) is 3.74. The number of hydrogen-bond acceptors (Lipinski definition) is 2. The molecule has 1 aliphatic heterocycles. The van der Waals surface area contributed by atoms with Gasteiger partial charge in [-0.15, -0.1) is 0 Å². The lowest BCUT2D eigenvalue weighted by molar-refractivity contribution is 0.0989. The van der Waals surface area contributed by atoms with E-state index in [0.717, 1.165) is 24.3 Å². The van der Waals surface area contributed by atoms with Gasteiger partial charge in [0, 0.05) is 17.9 Å². The lowest BCUT2D eigenvalue weighted by atomic mass is 10.2. The van der Waals surface area contributed by atoms with Gasteiger partial charge in [-0.3, -0.25) is 9.89 Å². The largest absolute Gasteiger partial charge is 0.308 e. The van der Waals surface area contributed by atoms with Crippen LogP contribution in [-0.2, 0) is 6.42 Å². The summed E-state index contributed by atoms with van der Waals surface area (Å²) in [5, 5.41) is 6.70. The van der Waals surface area contributed by atoms with E-state index in [4.69, 9.17) is 0 Å². The average molecular weight is 227 g/mol. The second-order valence-electron chi connectivity index (χ2n) is 4.24. The summed E-state index contributed by atoms with van der Waals surface area (Å²) in [7, 11) is 0. The lowest BCUT2D eigenvalue weighted by Gasteiger charge is -2.16. The maximum atomic E-state index is 12.4. The van der Waals surface area contributed by atoms with Crippen LogP contribution < -0.4 is 4.90 Å². The predicted octanol–water partition coefficient (Wildman–Crippen LogP) is 1.92. The van der Waals surface area contributed by atoms with E-state index >= 15 is 0 Å². The van der Waals surface area contributed by atoms with Crippen molar-refractivity contribution in [1.29, 1.82) is 0 Å². The van der Waals surface area contributed by atoms with Crippen molar-refractivity contribution < 1.29 is 4.79 Å². The molecule has 1 aliphatic rings. The molecule has 0 saturated carbocycles. The minimum atomic E-state index is 0.0289. The average Bonchev–Trinajstić information content (AvgIpc) is 2.94. The van der Waals surface area contributed by atoms with Gasteiger partial charge in [0.15, 0.2) is 0 Å². The quantitative estimate of drug-likeness (QED) is 0.809. The fraction of sp³-hybridized carbons (Fsp3) is 0.231. The molecule has 0 saturated heterocycles. The number of hydrogen-bond donors (Lipinski definition) is 1. The molecular formula is C13H13N3O. The summed E-state index contributed by atoms with van der Waals surface area (Å²) in [6, 6.07) is 8.04. The normalized spacial score (nSPS) is 13.8. The summed E-state index contributed by atoms with van der Waals surface area (Å²) in [6.07, 6.45) is 2.53. The number of aryl methyl sites for hydroxylation is 1. The first-order chi connectivity index (χ1) is 8.27. The smallest absolute Gasteiger partial charge is 0.261 e. The van der Waals surface area contributed by atoms with Crippen LogP contribution in [0.4, 0.5) is 5.69 Å². The highest BCUT2D eigenvalue weighted by molar-refractivity contribution is 6.07. The number of carbonyl (C=O) groups excluding carboxylic acids is 1. The minimum Gasteiger partial charge on any atom is -0.308 e. The van der Waals surface area contributed by atoms with E-state index in [-0.39, 0.29) is 5.91 Å². The van der Waals surface area contributed by atoms with Crippen molar-refractivity contribution in [3.63, 3.8) is 0 Å². The van der Waals surface area contributed by atoms with E-state index in [0.29, 0.717) is 5.56 Å². The van der Waals surface area contributed by atoms with Crippen molar-refractivity contribution in [2.75, 3.05) is 11.4 Å². The lowest BCUT2D eigenvalue weighted by Crippen LogP contribution is -2.29. The van der Waals surface area contributed by atoms with Crippen molar-refractivity contribution in [2.24, 2.45) is 0 Å². The summed E-state index contributed by atoms with van der Waals surface area (Å²) in [4.78, 5) is 14.2. The number of para-hydroxylation sites is 1. The number of aromatic amines is 1. The van der Waals surface area contributed by atoms with Gasteiger partial charge in [-0.2, -0.15) is 5.10 Å². The molecule has 86 valence electrons. The molecule has 0 radical (unpaired) electrons. The Kier molecular flexibility index (Phi) is 2.21. The molecule has 0 aliphatic carbocycles. The molecule has 17 heavy (non-hydrogen) atoms. The van der Waals surface area contributed by atoms with Gasteiger partial charge in [0.25, 0.3) is 5.91 Å². The number of nitrogens with one attached hydrogen (secondary N) is 1. The molecule has 1 amide bonds. The Morgan fingerprint density at radius 1 is 1.41 bits per heavy atom. The second kappa shape index (κ2) is 3.73. The van der Waals surface area contributed by atoms with Gasteiger partial charge in [-0.05, 0) is 25.0 Å². The monoisotopic (exact) mass is 227 g/mol. The Labute approximate surface area is 99.3 Å². The van der Waals surface area contributed by atoms with Crippen LogP contribution in [0, 0.1) is 6.92 Å². The second-order valence-corrected chi connectivity index (χ2v) is 4.24. The van der Waals surface area contributed by atoms with Crippen LogP contribution in [0.15, 0.2) is 30.5 Å². The Bertz CT molecular complexity index is 574. The van der Waals surface area contributed by atoms with Gasteiger partial charge in [0.2, 0.25) is 0 Å². The van der Waals surface area contributed by atoms with Crippen molar-refractivity contribution in [1.82, 2.24) is 10.2 Å². The van der Waals surface area contributed by atoms with Crippen LogP contribution in [0.1, 0.15) is 21.6 Å². The zero-order valence-corrected chi connectivity index (χ0v) is 9.60. The number of nitrogens with zero attached hydrogens (tertiary/aromatic N) is 2. The van der Waals surface area contributed by atoms with Crippen LogP contribution in [0.5, 0.6) is 0 Å². The number of fused-ring (bicyclic) bond motifs is 1. The molecule has 0 atom stereocenters. The van der Waals surface area contributed by atoms with E-state index < -0.39 is 0 Å². The van der Waals surface area contributed by atoms with Crippen molar-refractivity contribution in [3.8, 4) is 0 Å². The Morgan fingerprint density at radius 2 is 2.24 bits per heavy atom. The third-order valence-corrected chi connectivity index (χ3v) is 3.19. The molecule has 0 spiro atoms. The highest BCUT2D eigenvalue weighted by Crippen LogP contribution is 2.28. The number of rotatable bonds is 1. The highest BCUT2D eigenvalue weighted by Gasteiger charge is 2.26. The van der Waals surface area contributed by atoms with Crippen LogP contribution in [0.2, 0.25) is 0 Å². The number of carbonyl (C=O) groups is 1. The maximum Gasteiger partial charge on any atom is 0.261 e. The van der Waals surface area contributed by atoms with Crippen LogP contribution >= 0.6 is 0 Å². The summed E-state index contributed by atoms with van der Waals surface area (Å²) < 4.78 is 0. The van der Waals surface area contributed by atoms with Gasteiger partial charge < -0.3 is 4.90 Å². The standard InChI is InChI=1S/C13H13N3O/c1-9-11(8-14-15-9)13(17)16-7-6-10-4-2-3-5-12(10)16/h2-5,8H,6-7H2,1H3,(H,14,15). The third kappa shape index (κ3) is 1.53. The van der Waals surface area contributed by atoms with Gasteiger partial charge in [-0.25, -0.2) is 0 Å². The van der Waals surface area contributed by atoms with Gasteiger partial charge in [-0.1, -0.05) is 18.2 Å². The van der Waals surface area contributed by atoms with E-state index in [9.17, 15) is 4.79 Å². The topological polar surface area (TPSA) is 49.0 Å². The summed E-state index contributed by atoms with van der Waals surface area (Å²) in [6.45, 7) is 2.62. The highest BCUT2D eigenvalue weighted by atomic mass is 16.2. The van der Waals surface area contributed by atoms with E-state index in [1.54, 1.807) is 6.20 Å². The molecule has 3 rings (SSSR count). The molecule has 4 nitrogen and oxygen atoms in total. The van der Waals surface area contributed by atoms with Crippen LogP contribution in [0.3, 0.4) is 0 Å². The molecule has 1 aromatic carbocycles. The van der Waals surface area contributed by atoms with Gasteiger partial charge in [0.05, 0.1) is 11.8 Å². The fourth-order valence-electron chi connectivity index (χ4n) is 2.26. The SMILES string of the molecule is Cc1[nH]ncc1C(=O)N1CCc2ccccc21. The first-order valence-corrected chi connectivity index (χ1v) is 5.67. The number of anilines is 1. The Hall–Kier alpha value is -2.10. The number of amides is 1. The van der Waals surface area contributed by atoms with Crippen molar-refractivity contribution in [2.45, 2.75) is 13.3 Å². The Morgan fingerprint density at radius 3 is 3.00 bits per heavy atom. The van der Waals surface area contributed by atoms with E-state index in [1.807, 2.05) is 30.0 Å². The molecule has 1 aromatic heterocycles.